The number of methoxy groups -OCH3 is 1. The molecule has 1 saturated heterocycles. The minimum absolute atomic E-state index is 0.000515. The van der Waals surface area contributed by atoms with Crippen LogP contribution in [-0.4, -0.2) is 38.6 Å². The molecule has 2 aliphatic heterocycles. The number of rotatable bonds is 6. The van der Waals surface area contributed by atoms with E-state index in [1.54, 1.807) is 6.07 Å². The zero-order valence-electron chi connectivity index (χ0n) is 22.3. The minimum Gasteiger partial charge on any atom is -0.465 e. The molecule has 40 heavy (non-hydrogen) atoms. The molecule has 1 amide bonds. The number of hydrogen-bond donors (Lipinski definition) is 2. The summed E-state index contributed by atoms with van der Waals surface area (Å²) < 4.78 is 43.5. The third-order valence-electron chi connectivity index (χ3n) is 7.86. The van der Waals surface area contributed by atoms with Crippen molar-refractivity contribution in [1.82, 2.24) is 10.6 Å². The van der Waals surface area contributed by atoms with E-state index in [1.165, 1.54) is 30.4 Å². The third-order valence-corrected chi connectivity index (χ3v) is 7.86. The lowest BCUT2D eigenvalue weighted by molar-refractivity contribution is -0.137. The predicted octanol–water partition coefficient (Wildman–Crippen LogP) is 5.34. The summed E-state index contributed by atoms with van der Waals surface area (Å²) >= 11 is 0. The number of fused-ring (bicyclic) bond motifs is 1. The molecule has 2 heterocycles. The van der Waals surface area contributed by atoms with Crippen LogP contribution < -0.4 is 15.5 Å². The molecule has 0 bridgehead atoms. The molecule has 0 spiro atoms. The highest BCUT2D eigenvalue weighted by Crippen LogP contribution is 2.33. The van der Waals surface area contributed by atoms with E-state index in [0.717, 1.165) is 47.5 Å². The summed E-state index contributed by atoms with van der Waals surface area (Å²) in [5, 5.41) is 6.54. The highest BCUT2D eigenvalue weighted by Gasteiger charge is 2.31. The van der Waals surface area contributed by atoms with Crippen LogP contribution in [-0.2, 0) is 35.2 Å². The first-order valence-electron chi connectivity index (χ1n) is 13.5. The Morgan fingerprint density at radius 1 is 1.02 bits per heavy atom. The van der Waals surface area contributed by atoms with Crippen LogP contribution in [0.15, 0.2) is 60.7 Å². The van der Waals surface area contributed by atoms with Crippen molar-refractivity contribution in [3.63, 3.8) is 0 Å². The van der Waals surface area contributed by atoms with Gasteiger partial charge in [0.25, 0.3) is 0 Å². The van der Waals surface area contributed by atoms with Gasteiger partial charge in [0.2, 0.25) is 5.91 Å². The molecule has 0 saturated carbocycles. The Balaban J connectivity index is 1.22. The van der Waals surface area contributed by atoms with Gasteiger partial charge in [-0.1, -0.05) is 24.3 Å². The smallest absolute Gasteiger partial charge is 0.416 e. The molecule has 0 radical (unpaired) electrons. The van der Waals surface area contributed by atoms with Gasteiger partial charge in [0.15, 0.2) is 0 Å². The molecule has 6 nitrogen and oxygen atoms in total. The number of nitrogens with one attached hydrogen (secondary N) is 2. The maximum absolute atomic E-state index is 13.0. The number of carbonyl (C=O) groups excluding carboxylic acids is 2. The average Bonchev–Trinajstić information content (AvgIpc) is 2.99. The monoisotopic (exact) mass is 551 g/mol. The molecule has 5 rings (SSSR count). The van der Waals surface area contributed by atoms with Crippen molar-refractivity contribution >= 4 is 17.6 Å². The number of alkyl halides is 3. The highest BCUT2D eigenvalue weighted by molar-refractivity contribution is 5.91. The van der Waals surface area contributed by atoms with Gasteiger partial charge >= 0.3 is 12.1 Å². The summed E-state index contributed by atoms with van der Waals surface area (Å²) in [6.07, 6.45) is -2.23. The number of ether oxygens (including phenoxy) is 1. The van der Waals surface area contributed by atoms with Gasteiger partial charge < -0.3 is 20.3 Å². The maximum Gasteiger partial charge on any atom is 0.416 e. The molecule has 3 aromatic rings. The Morgan fingerprint density at radius 2 is 1.77 bits per heavy atom. The number of esters is 1. The van der Waals surface area contributed by atoms with Crippen LogP contribution in [0.1, 0.15) is 45.5 Å². The number of halogens is 3. The van der Waals surface area contributed by atoms with E-state index in [9.17, 15) is 22.8 Å². The summed E-state index contributed by atoms with van der Waals surface area (Å²) in [6.45, 7) is 3.20. The van der Waals surface area contributed by atoms with Gasteiger partial charge in [0.05, 0.1) is 18.2 Å². The van der Waals surface area contributed by atoms with E-state index in [-0.39, 0.29) is 17.8 Å². The third kappa shape index (κ3) is 5.99. The molecule has 3 aromatic carbocycles. The number of anilines is 1. The van der Waals surface area contributed by atoms with E-state index in [1.807, 2.05) is 29.2 Å². The molecular weight excluding hydrogens is 519 g/mol. The molecule has 0 aliphatic carbocycles. The molecular formula is C31H32F3N3O3. The van der Waals surface area contributed by atoms with Gasteiger partial charge in [0.1, 0.15) is 0 Å². The lowest BCUT2D eigenvalue weighted by Gasteiger charge is -2.33. The van der Waals surface area contributed by atoms with Crippen molar-refractivity contribution in [2.75, 3.05) is 31.6 Å². The number of benzene rings is 3. The van der Waals surface area contributed by atoms with Crippen molar-refractivity contribution < 1.29 is 27.5 Å². The van der Waals surface area contributed by atoms with Gasteiger partial charge in [-0.2, -0.15) is 13.2 Å². The fraction of sp³-hybridized carbons (Fsp3) is 0.355. The predicted molar refractivity (Wildman–Crippen MR) is 147 cm³/mol. The van der Waals surface area contributed by atoms with Crippen LogP contribution in [0, 0.1) is 5.92 Å². The van der Waals surface area contributed by atoms with Gasteiger partial charge in [-0.3, -0.25) is 4.79 Å². The zero-order valence-corrected chi connectivity index (χ0v) is 22.3. The first kappa shape index (κ1) is 27.7. The van der Waals surface area contributed by atoms with Crippen LogP contribution >= 0.6 is 0 Å². The van der Waals surface area contributed by atoms with Crippen molar-refractivity contribution in [2.45, 2.75) is 38.5 Å². The topological polar surface area (TPSA) is 70.7 Å². The number of amides is 1. The molecule has 0 unspecified atom stereocenters. The lowest BCUT2D eigenvalue weighted by Crippen LogP contribution is -2.40. The molecule has 0 atom stereocenters. The summed E-state index contributed by atoms with van der Waals surface area (Å²) in [5.74, 6) is -0.513. The second kappa shape index (κ2) is 11.7. The lowest BCUT2D eigenvalue weighted by atomic mass is 9.87. The van der Waals surface area contributed by atoms with E-state index < -0.39 is 11.7 Å². The first-order valence-corrected chi connectivity index (χ1v) is 13.5. The van der Waals surface area contributed by atoms with E-state index in [4.69, 9.17) is 4.74 Å². The van der Waals surface area contributed by atoms with Gasteiger partial charge in [0, 0.05) is 37.8 Å². The fourth-order valence-corrected chi connectivity index (χ4v) is 5.63. The Bertz CT molecular complexity index is 1380. The average molecular weight is 552 g/mol. The molecule has 0 aromatic heterocycles. The number of nitrogens with zero attached hydrogens (tertiary/aromatic N) is 1. The highest BCUT2D eigenvalue weighted by atomic mass is 19.4. The SMILES string of the molecule is COC(=O)c1cccc(-c2ccc(CNC(=O)C3CCN(c4ccc(C(F)(F)F)cc4)CC3)c3c2CCNC3)c1. The number of hydrogen-bond acceptors (Lipinski definition) is 5. The van der Waals surface area contributed by atoms with Gasteiger partial charge in [-0.05, 0) is 90.0 Å². The summed E-state index contributed by atoms with van der Waals surface area (Å²) in [7, 11) is 1.37. The fourth-order valence-electron chi connectivity index (χ4n) is 5.63. The van der Waals surface area contributed by atoms with Crippen LogP contribution in [0.25, 0.3) is 11.1 Å². The minimum atomic E-state index is -4.35. The second-order valence-electron chi connectivity index (χ2n) is 10.3. The van der Waals surface area contributed by atoms with Crippen molar-refractivity contribution in [2.24, 2.45) is 5.92 Å². The zero-order chi connectivity index (χ0) is 28.3. The molecule has 9 heteroatoms. The van der Waals surface area contributed by atoms with Crippen LogP contribution in [0.3, 0.4) is 0 Å². The van der Waals surface area contributed by atoms with Crippen LogP contribution in [0.4, 0.5) is 18.9 Å². The van der Waals surface area contributed by atoms with Crippen molar-refractivity contribution in [3.05, 3.63) is 88.5 Å². The molecule has 1 fully saturated rings. The van der Waals surface area contributed by atoms with E-state index in [2.05, 4.69) is 16.7 Å². The first-order chi connectivity index (χ1) is 19.2. The van der Waals surface area contributed by atoms with Crippen LogP contribution in [0.2, 0.25) is 0 Å². The normalized spacial score (nSPS) is 15.8. The van der Waals surface area contributed by atoms with Crippen molar-refractivity contribution in [1.29, 1.82) is 0 Å². The Morgan fingerprint density at radius 3 is 2.48 bits per heavy atom. The molecule has 2 N–H and O–H groups in total. The van der Waals surface area contributed by atoms with Gasteiger partial charge in [-0.15, -0.1) is 0 Å². The quantitative estimate of drug-likeness (QED) is 0.405. The van der Waals surface area contributed by atoms with E-state index in [0.29, 0.717) is 44.6 Å². The summed E-state index contributed by atoms with van der Waals surface area (Å²) in [4.78, 5) is 27.1. The van der Waals surface area contributed by atoms with E-state index >= 15 is 0 Å². The van der Waals surface area contributed by atoms with Crippen LogP contribution in [0.5, 0.6) is 0 Å². The van der Waals surface area contributed by atoms with Gasteiger partial charge in [-0.25, -0.2) is 4.79 Å². The number of piperidine rings is 1. The standard InChI is InChI=1S/C31H32F3N3O3/c1-40-30(39)22-4-2-3-21(17-22)26-10-5-23(28-19-35-14-11-27(26)28)18-36-29(38)20-12-15-37(16-13-20)25-8-6-24(7-9-25)31(32,33)34/h2-10,17,20,35H,11-16,18-19H2,1H3,(H,36,38). The molecule has 210 valence electrons. The second-order valence-corrected chi connectivity index (χ2v) is 10.3. The summed E-state index contributed by atoms with van der Waals surface area (Å²) in [5.41, 5.74) is 6.06. The Kier molecular flexibility index (Phi) is 8.12. The summed E-state index contributed by atoms with van der Waals surface area (Å²) in [6, 6.07) is 16.7. The van der Waals surface area contributed by atoms with Crippen molar-refractivity contribution in [3.8, 4) is 11.1 Å². The largest absolute Gasteiger partial charge is 0.465 e. The number of carbonyl (C=O) groups is 2. The molecule has 2 aliphatic rings. The maximum atomic E-state index is 13.0. The Labute approximate surface area is 231 Å². The Hall–Kier alpha value is -3.85.